The number of rotatable bonds is 18. The van der Waals surface area contributed by atoms with Crippen molar-refractivity contribution in [2.24, 2.45) is 5.73 Å². The fraction of sp³-hybridized carbons (Fsp3) is 0.875. The molecule has 0 aromatic heterocycles. The molecule has 1 unspecified atom stereocenters. The predicted octanol–water partition coefficient (Wildman–Crippen LogP) is -10.8. The van der Waals surface area contributed by atoms with Gasteiger partial charge < -0.3 is 131 Å². The molecule has 0 aliphatic carbocycles. The van der Waals surface area contributed by atoms with Gasteiger partial charge in [-0.05, 0) is 0 Å². The lowest BCUT2D eigenvalue weighted by atomic mass is 9.93. The highest BCUT2D eigenvalue weighted by atomic mass is 16.8. The Balaban J connectivity index is 1.38. The van der Waals surface area contributed by atoms with Crippen molar-refractivity contribution in [3.05, 3.63) is 0 Å². The van der Waals surface area contributed by atoms with Crippen LogP contribution in [-0.4, -0.2) is 272 Å². The molecular formula is C40H67N5O26. The molecule has 25 atom stereocenters. The summed E-state index contributed by atoms with van der Waals surface area (Å²) >= 11 is 0. The lowest BCUT2D eigenvalue weighted by Gasteiger charge is -2.51. The fourth-order valence-electron chi connectivity index (χ4n) is 8.89. The van der Waals surface area contributed by atoms with Gasteiger partial charge in [-0.2, -0.15) is 0 Å². The average Bonchev–Trinajstić information content (AvgIpc) is 3.30. The highest BCUT2D eigenvalue weighted by Crippen LogP contribution is 2.36. The number of nitrogens with two attached hydrogens (primary N) is 1. The van der Waals surface area contributed by atoms with Gasteiger partial charge in [-0.1, -0.05) is 0 Å². The lowest BCUT2D eigenvalue weighted by molar-refractivity contribution is -0.367. The van der Waals surface area contributed by atoms with Crippen LogP contribution >= 0.6 is 0 Å². The number of hydrogen-bond donors (Lipinski definition) is 16. The number of carbonyl (C=O) groups is 5. The molecule has 0 aromatic carbocycles. The van der Waals surface area contributed by atoms with Crippen LogP contribution in [-0.2, 0) is 71.3 Å². The van der Waals surface area contributed by atoms with Crippen molar-refractivity contribution in [2.45, 2.75) is 188 Å². The van der Waals surface area contributed by atoms with Crippen molar-refractivity contribution in [1.29, 1.82) is 0 Å². The van der Waals surface area contributed by atoms with E-state index in [1.165, 1.54) is 0 Å². The maximum atomic E-state index is 12.7. The number of aliphatic hydroxyl groups excluding tert-OH is 11. The minimum absolute atomic E-state index is 0.545. The maximum Gasteiger partial charge on any atom is 0.302 e. The molecule has 5 aliphatic rings. The number of esters is 1. The molecule has 5 aliphatic heterocycles. The molecule has 5 fully saturated rings. The van der Waals surface area contributed by atoms with E-state index in [9.17, 15) is 80.1 Å². The molecule has 71 heavy (non-hydrogen) atoms. The Kier molecular flexibility index (Phi) is 21.1. The van der Waals surface area contributed by atoms with Crippen molar-refractivity contribution >= 4 is 29.6 Å². The van der Waals surface area contributed by atoms with E-state index in [-0.39, 0.29) is 0 Å². The van der Waals surface area contributed by atoms with Crippen LogP contribution in [0.1, 0.15) is 34.6 Å². The Morgan fingerprint density at radius 3 is 1.04 bits per heavy atom. The van der Waals surface area contributed by atoms with E-state index in [0.29, 0.717) is 0 Å². The second-order valence-electron chi connectivity index (χ2n) is 17.6. The predicted molar refractivity (Wildman–Crippen MR) is 224 cm³/mol. The number of aliphatic hydroxyl groups is 11. The normalized spacial score (nSPS) is 43.9. The van der Waals surface area contributed by atoms with E-state index in [0.717, 1.165) is 34.6 Å². The molecule has 5 heterocycles. The number of amides is 4. The van der Waals surface area contributed by atoms with Gasteiger partial charge in [0, 0.05) is 34.6 Å². The maximum absolute atomic E-state index is 12.7. The summed E-state index contributed by atoms with van der Waals surface area (Å²) in [5.74, 6) is -3.78. The number of ether oxygens (including phenoxy) is 10. The van der Waals surface area contributed by atoms with E-state index >= 15 is 0 Å². The standard InChI is InChI=1S/C40H67N5O26/c1-11(50)42-22-28(57)32(16(6-46)63-36(22)61)69-38-24(44-13(3)52)30(59)34(18(8-48)65-38)71-40-25(45-14(4)53)31(60)35(19(9-49)66-40)70-39-23(43-12(2)51)29(58)33(17(7-47)64-39)68-37-21(41)27(56)26(55)20(67-37)10-62-15(5)54/h16-40,46-49,55-61H,6-10,41H2,1-5H3,(H,42,50)(H,43,51)(H,44,52)(H,45,53)/t16-,17-,18-,19-,20-,21-,22-,23-,24-,25-,26-,27-,28-,29-,30-,31-,32-,33-,34-,35-,36?,37+,38+,39+,40+/m1/s1. The Bertz CT molecular complexity index is 1790. The molecule has 0 saturated carbocycles. The van der Waals surface area contributed by atoms with E-state index in [1.807, 2.05) is 0 Å². The molecule has 4 amide bonds. The number of hydrogen-bond acceptors (Lipinski definition) is 27. The van der Waals surface area contributed by atoms with Crippen LogP contribution in [0, 0.1) is 0 Å². The van der Waals surface area contributed by atoms with Crippen molar-refractivity contribution < 1.29 is 128 Å². The molecule has 5 rings (SSSR count). The summed E-state index contributed by atoms with van der Waals surface area (Å²) in [5, 5.41) is 130. The quantitative estimate of drug-likeness (QED) is 0.0567. The number of carbonyl (C=O) groups excluding carboxylic acids is 5. The monoisotopic (exact) mass is 1030 g/mol. The van der Waals surface area contributed by atoms with Gasteiger partial charge in [-0.15, -0.1) is 0 Å². The van der Waals surface area contributed by atoms with Crippen molar-refractivity contribution in [3.8, 4) is 0 Å². The summed E-state index contributed by atoms with van der Waals surface area (Å²) in [6.45, 7) is 1.04. The van der Waals surface area contributed by atoms with Gasteiger partial charge in [-0.25, -0.2) is 0 Å². The Labute approximate surface area is 404 Å². The van der Waals surface area contributed by atoms with Crippen LogP contribution in [0.25, 0.3) is 0 Å². The van der Waals surface area contributed by atoms with E-state index in [1.54, 1.807) is 0 Å². The van der Waals surface area contributed by atoms with Gasteiger partial charge in [-0.3, -0.25) is 24.0 Å². The third kappa shape index (κ3) is 13.8. The second kappa shape index (κ2) is 25.6. The first-order chi connectivity index (χ1) is 33.5. The second-order valence-corrected chi connectivity index (χ2v) is 17.6. The minimum atomic E-state index is -1.99. The van der Waals surface area contributed by atoms with Crippen LogP contribution in [0.4, 0.5) is 0 Å². The summed E-state index contributed by atoms with van der Waals surface area (Å²) < 4.78 is 57.9. The third-order valence-corrected chi connectivity index (χ3v) is 12.3. The minimum Gasteiger partial charge on any atom is -0.463 e. The molecule has 31 heteroatoms. The zero-order valence-electron chi connectivity index (χ0n) is 39.1. The van der Waals surface area contributed by atoms with Gasteiger partial charge in [0.05, 0.1) is 32.5 Å². The molecule has 5 saturated heterocycles. The first kappa shape index (κ1) is 58.4. The van der Waals surface area contributed by atoms with E-state index in [4.69, 9.17) is 53.1 Å². The summed E-state index contributed by atoms with van der Waals surface area (Å²) in [6, 6.07) is -8.00. The molecule has 408 valence electrons. The topological polar surface area (TPSA) is 474 Å². The van der Waals surface area contributed by atoms with Gasteiger partial charge in [0.25, 0.3) is 0 Å². The highest BCUT2D eigenvalue weighted by molar-refractivity contribution is 5.74. The van der Waals surface area contributed by atoms with Crippen molar-refractivity contribution in [2.75, 3.05) is 33.0 Å². The van der Waals surface area contributed by atoms with Crippen molar-refractivity contribution in [1.82, 2.24) is 21.3 Å². The first-order valence-electron chi connectivity index (χ1n) is 22.5. The Hall–Kier alpha value is -3.49. The molecule has 31 nitrogen and oxygen atoms in total. The van der Waals surface area contributed by atoms with Crippen LogP contribution in [0.5, 0.6) is 0 Å². The van der Waals surface area contributed by atoms with Crippen molar-refractivity contribution in [3.63, 3.8) is 0 Å². The Morgan fingerprint density at radius 1 is 0.423 bits per heavy atom. The summed E-state index contributed by atoms with van der Waals surface area (Å²) in [6.07, 6.45) is -34.5. The first-order valence-corrected chi connectivity index (χ1v) is 22.5. The molecular weight excluding hydrogens is 966 g/mol. The van der Waals surface area contributed by atoms with E-state index < -0.39 is 216 Å². The molecule has 17 N–H and O–H groups in total. The molecule has 0 radical (unpaired) electrons. The fourth-order valence-corrected chi connectivity index (χ4v) is 8.89. The smallest absolute Gasteiger partial charge is 0.302 e. The van der Waals surface area contributed by atoms with Gasteiger partial charge >= 0.3 is 5.97 Å². The molecule has 0 bridgehead atoms. The summed E-state index contributed by atoms with van der Waals surface area (Å²) in [7, 11) is 0. The summed E-state index contributed by atoms with van der Waals surface area (Å²) in [5.41, 5.74) is 6.09. The van der Waals surface area contributed by atoms with Gasteiger partial charge in [0.15, 0.2) is 31.5 Å². The van der Waals surface area contributed by atoms with Gasteiger partial charge in [0.1, 0.15) is 122 Å². The lowest BCUT2D eigenvalue weighted by Crippen LogP contribution is -2.72. The van der Waals surface area contributed by atoms with Crippen LogP contribution in [0.15, 0.2) is 0 Å². The number of nitrogens with one attached hydrogen (secondary N) is 4. The van der Waals surface area contributed by atoms with Crippen LogP contribution in [0.2, 0.25) is 0 Å². The Morgan fingerprint density at radius 2 is 0.718 bits per heavy atom. The molecule has 0 spiro atoms. The third-order valence-electron chi connectivity index (χ3n) is 12.3. The zero-order valence-corrected chi connectivity index (χ0v) is 39.1. The SMILES string of the molecule is CC(=O)N[C@H]1[C@H](O[C@H]2[C@H](O)[C@@H](NC(C)=O)[C@H](O[C@H]3[C@H](O)[C@@H](NC(C)=O)[C@H](O[C@H]4[C@H](O)[C@@H](NC(C)=O)C(O)O[C@@H]4CO)O[C@@H]3CO)O[C@@H]2CO)O[C@H](CO)[C@@H](O[C@@H]2O[C@H](COC(C)=O)[C@@H](O)[C@H](O)[C@H]2N)[C@@H]1O. The van der Waals surface area contributed by atoms with Crippen LogP contribution in [0.3, 0.4) is 0 Å². The average molecular weight is 1030 g/mol. The van der Waals surface area contributed by atoms with Crippen LogP contribution < -0.4 is 27.0 Å². The molecule has 0 aromatic rings. The highest BCUT2D eigenvalue weighted by Gasteiger charge is 2.57. The summed E-state index contributed by atoms with van der Waals surface area (Å²) in [4.78, 5) is 61.0. The van der Waals surface area contributed by atoms with Gasteiger partial charge in [0.2, 0.25) is 23.6 Å². The largest absolute Gasteiger partial charge is 0.463 e. The zero-order chi connectivity index (χ0) is 52.8. The van der Waals surface area contributed by atoms with E-state index in [2.05, 4.69) is 21.3 Å².